The van der Waals surface area contributed by atoms with E-state index in [-0.39, 0.29) is 6.03 Å². The molecule has 3 aromatic rings. The Kier molecular flexibility index (Phi) is 5.12. The first-order chi connectivity index (χ1) is 12.2. The van der Waals surface area contributed by atoms with Crippen molar-refractivity contribution in [3.05, 3.63) is 90.0 Å². The van der Waals surface area contributed by atoms with Gasteiger partial charge in [0.2, 0.25) is 0 Å². The van der Waals surface area contributed by atoms with Gasteiger partial charge in [0.15, 0.2) is 0 Å². The van der Waals surface area contributed by atoms with Gasteiger partial charge in [-0.15, -0.1) is 0 Å². The number of urea groups is 1. The molecule has 0 aliphatic carbocycles. The van der Waals surface area contributed by atoms with Crippen LogP contribution in [0.5, 0.6) is 0 Å². The number of carbonyl (C=O) groups is 1. The molecule has 0 radical (unpaired) electrons. The number of rotatable bonds is 4. The van der Waals surface area contributed by atoms with Gasteiger partial charge in [-0.05, 0) is 47.5 Å². The van der Waals surface area contributed by atoms with Gasteiger partial charge in [-0.3, -0.25) is 0 Å². The van der Waals surface area contributed by atoms with Crippen LogP contribution in [0.3, 0.4) is 0 Å². The van der Waals surface area contributed by atoms with Crippen molar-refractivity contribution in [3.63, 3.8) is 0 Å². The molecule has 0 bridgehead atoms. The number of nitrogen functional groups attached to an aromatic ring is 1. The van der Waals surface area contributed by atoms with Crippen molar-refractivity contribution in [2.45, 2.75) is 0 Å². The molecule has 25 heavy (non-hydrogen) atoms. The van der Waals surface area contributed by atoms with Crippen LogP contribution in [0.25, 0.3) is 12.2 Å². The van der Waals surface area contributed by atoms with Crippen molar-refractivity contribution < 1.29 is 4.79 Å². The Hall–Kier alpha value is -3.53. The zero-order valence-corrected chi connectivity index (χ0v) is 13.6. The average molecular weight is 329 g/mol. The summed E-state index contributed by atoms with van der Waals surface area (Å²) >= 11 is 0. The zero-order chi connectivity index (χ0) is 17.5. The molecule has 4 N–H and O–H groups in total. The van der Waals surface area contributed by atoms with Crippen molar-refractivity contribution >= 4 is 35.2 Å². The largest absolute Gasteiger partial charge is 0.399 e. The highest BCUT2D eigenvalue weighted by atomic mass is 16.2. The third kappa shape index (κ3) is 4.97. The van der Waals surface area contributed by atoms with E-state index in [1.165, 1.54) is 0 Å². The van der Waals surface area contributed by atoms with Crippen molar-refractivity contribution in [1.82, 2.24) is 0 Å². The standard InChI is InChI=1S/C21H19N3O/c22-18-10-14-20(15-11-18)24-21(25)23-19-12-8-17(9-13-19)7-6-16-4-2-1-3-5-16/h1-15H,22H2,(H2,23,24,25)/b7-6+. The SMILES string of the molecule is Nc1ccc(NC(=O)Nc2ccc(/C=C/c3ccccc3)cc2)cc1. The predicted octanol–water partition coefficient (Wildman–Crippen LogP) is 5.08. The number of carbonyl (C=O) groups excluding carboxylic acids is 1. The van der Waals surface area contributed by atoms with E-state index in [4.69, 9.17) is 5.73 Å². The minimum absolute atomic E-state index is 0.294. The Bertz CT molecular complexity index is 854. The normalized spacial score (nSPS) is 10.6. The van der Waals surface area contributed by atoms with Gasteiger partial charge in [0.1, 0.15) is 0 Å². The lowest BCUT2D eigenvalue weighted by Crippen LogP contribution is -2.19. The van der Waals surface area contributed by atoms with Crippen LogP contribution >= 0.6 is 0 Å². The molecule has 0 spiro atoms. The fraction of sp³-hybridized carbons (Fsp3) is 0. The first kappa shape index (κ1) is 16.3. The number of amides is 2. The van der Waals surface area contributed by atoms with Crippen LogP contribution < -0.4 is 16.4 Å². The summed E-state index contributed by atoms with van der Waals surface area (Å²) in [5.41, 5.74) is 9.91. The molecule has 3 rings (SSSR count). The number of nitrogens with two attached hydrogens (primary N) is 1. The van der Waals surface area contributed by atoms with Crippen LogP contribution in [0.4, 0.5) is 21.9 Å². The molecular weight excluding hydrogens is 310 g/mol. The maximum absolute atomic E-state index is 12.0. The quantitative estimate of drug-likeness (QED) is 0.461. The summed E-state index contributed by atoms with van der Waals surface area (Å²) in [6.45, 7) is 0. The molecule has 2 amide bonds. The second kappa shape index (κ2) is 7.84. The second-order valence-electron chi connectivity index (χ2n) is 5.57. The molecule has 0 aliphatic heterocycles. The average Bonchev–Trinajstić information content (AvgIpc) is 2.64. The maximum atomic E-state index is 12.0. The molecule has 124 valence electrons. The summed E-state index contributed by atoms with van der Waals surface area (Å²) in [7, 11) is 0. The number of hydrogen-bond donors (Lipinski definition) is 3. The molecule has 0 aromatic heterocycles. The van der Waals surface area contributed by atoms with Crippen LogP contribution in [-0.2, 0) is 0 Å². The number of hydrogen-bond acceptors (Lipinski definition) is 2. The number of benzene rings is 3. The lowest BCUT2D eigenvalue weighted by molar-refractivity contribution is 0.262. The van der Waals surface area contributed by atoms with Crippen molar-refractivity contribution in [1.29, 1.82) is 0 Å². The van der Waals surface area contributed by atoms with Crippen LogP contribution in [-0.4, -0.2) is 6.03 Å². The molecule has 0 aliphatic rings. The Morgan fingerprint density at radius 1 is 0.680 bits per heavy atom. The van der Waals surface area contributed by atoms with Gasteiger partial charge in [0.25, 0.3) is 0 Å². The summed E-state index contributed by atoms with van der Waals surface area (Å²) in [6, 6.07) is 24.5. The molecule has 4 nitrogen and oxygen atoms in total. The molecule has 0 heterocycles. The molecular formula is C21H19N3O. The van der Waals surface area contributed by atoms with E-state index in [1.807, 2.05) is 60.7 Å². The van der Waals surface area contributed by atoms with Gasteiger partial charge in [-0.25, -0.2) is 4.79 Å². The maximum Gasteiger partial charge on any atom is 0.323 e. The fourth-order valence-electron chi connectivity index (χ4n) is 2.29. The van der Waals surface area contributed by atoms with Crippen molar-refractivity contribution in [2.75, 3.05) is 16.4 Å². The minimum atomic E-state index is -0.294. The van der Waals surface area contributed by atoms with Crippen LogP contribution in [0.15, 0.2) is 78.9 Å². The summed E-state index contributed by atoms with van der Waals surface area (Å²) in [5.74, 6) is 0. The topological polar surface area (TPSA) is 67.1 Å². The molecule has 0 atom stereocenters. The minimum Gasteiger partial charge on any atom is -0.399 e. The second-order valence-corrected chi connectivity index (χ2v) is 5.57. The van der Waals surface area contributed by atoms with E-state index in [1.54, 1.807) is 24.3 Å². The Morgan fingerprint density at radius 2 is 1.16 bits per heavy atom. The van der Waals surface area contributed by atoms with Gasteiger partial charge in [0, 0.05) is 17.1 Å². The highest BCUT2D eigenvalue weighted by Gasteiger charge is 2.02. The van der Waals surface area contributed by atoms with Gasteiger partial charge in [-0.1, -0.05) is 54.6 Å². The Labute approximate surface area is 147 Å². The molecule has 0 saturated carbocycles. The van der Waals surface area contributed by atoms with E-state index >= 15 is 0 Å². The predicted molar refractivity (Wildman–Crippen MR) is 105 cm³/mol. The summed E-state index contributed by atoms with van der Waals surface area (Å²) in [5, 5.41) is 5.56. The van der Waals surface area contributed by atoms with E-state index in [9.17, 15) is 4.79 Å². The fourth-order valence-corrected chi connectivity index (χ4v) is 2.29. The summed E-state index contributed by atoms with van der Waals surface area (Å²) in [6.07, 6.45) is 4.09. The molecule has 0 fully saturated rings. The smallest absolute Gasteiger partial charge is 0.323 e. The molecule has 3 aromatic carbocycles. The van der Waals surface area contributed by atoms with Crippen molar-refractivity contribution in [3.8, 4) is 0 Å². The zero-order valence-electron chi connectivity index (χ0n) is 13.6. The molecule has 0 saturated heterocycles. The van der Waals surface area contributed by atoms with Gasteiger partial charge < -0.3 is 16.4 Å². The van der Waals surface area contributed by atoms with Crippen LogP contribution in [0.2, 0.25) is 0 Å². The molecule has 0 unspecified atom stereocenters. The van der Waals surface area contributed by atoms with E-state index in [2.05, 4.69) is 16.7 Å². The van der Waals surface area contributed by atoms with Gasteiger partial charge in [0.05, 0.1) is 0 Å². The lowest BCUT2D eigenvalue weighted by atomic mass is 10.1. The van der Waals surface area contributed by atoms with Crippen molar-refractivity contribution in [2.24, 2.45) is 0 Å². The lowest BCUT2D eigenvalue weighted by Gasteiger charge is -2.08. The summed E-state index contributed by atoms with van der Waals surface area (Å²) in [4.78, 5) is 12.0. The van der Waals surface area contributed by atoms with E-state index < -0.39 is 0 Å². The number of anilines is 3. The van der Waals surface area contributed by atoms with Crippen LogP contribution in [0.1, 0.15) is 11.1 Å². The molecule has 4 heteroatoms. The van der Waals surface area contributed by atoms with Gasteiger partial charge in [-0.2, -0.15) is 0 Å². The summed E-state index contributed by atoms with van der Waals surface area (Å²) < 4.78 is 0. The Balaban J connectivity index is 1.57. The van der Waals surface area contributed by atoms with Gasteiger partial charge >= 0.3 is 6.03 Å². The number of nitrogens with one attached hydrogen (secondary N) is 2. The first-order valence-corrected chi connectivity index (χ1v) is 7.96. The van der Waals surface area contributed by atoms with Crippen LogP contribution in [0, 0.1) is 0 Å². The van der Waals surface area contributed by atoms with E-state index in [0.717, 1.165) is 16.8 Å². The third-order valence-corrected chi connectivity index (χ3v) is 3.60. The highest BCUT2D eigenvalue weighted by molar-refractivity contribution is 5.99. The third-order valence-electron chi connectivity index (χ3n) is 3.60. The monoisotopic (exact) mass is 329 g/mol. The van der Waals surface area contributed by atoms with E-state index in [0.29, 0.717) is 11.4 Å². The first-order valence-electron chi connectivity index (χ1n) is 7.96. The Morgan fingerprint density at radius 3 is 1.72 bits per heavy atom. The highest BCUT2D eigenvalue weighted by Crippen LogP contribution is 2.14.